The molecule has 0 saturated carbocycles. The predicted octanol–water partition coefficient (Wildman–Crippen LogP) is 1.07. The lowest BCUT2D eigenvalue weighted by Crippen LogP contribution is -2.17. The van der Waals surface area contributed by atoms with Crippen molar-refractivity contribution >= 4 is 5.97 Å². The first-order chi connectivity index (χ1) is 8.97. The first-order valence-corrected chi connectivity index (χ1v) is 5.58. The highest BCUT2D eigenvalue weighted by atomic mass is 16.4. The number of aromatic nitrogens is 2. The van der Waals surface area contributed by atoms with Gasteiger partial charge in [-0.1, -0.05) is 29.8 Å². The van der Waals surface area contributed by atoms with Gasteiger partial charge in [0.25, 0.3) is 5.56 Å². The molecule has 2 rings (SSSR count). The number of aryl methyl sites for hydroxylation is 1. The van der Waals surface area contributed by atoms with Crippen LogP contribution >= 0.6 is 0 Å². The first-order valence-electron chi connectivity index (χ1n) is 5.58. The maximum Gasteiger partial charge on any atom is 0.358 e. The number of hydrogen-bond donors (Lipinski definition) is 3. The molecular formula is C13H12N2O4. The van der Waals surface area contributed by atoms with Gasteiger partial charge in [-0.2, -0.15) is 0 Å². The van der Waals surface area contributed by atoms with E-state index in [4.69, 9.17) is 5.11 Å². The van der Waals surface area contributed by atoms with Gasteiger partial charge < -0.3 is 15.2 Å². The van der Waals surface area contributed by atoms with Crippen LogP contribution < -0.4 is 5.56 Å². The third kappa shape index (κ3) is 2.79. The van der Waals surface area contributed by atoms with E-state index >= 15 is 0 Å². The molecule has 0 saturated heterocycles. The van der Waals surface area contributed by atoms with Gasteiger partial charge in [-0.15, -0.1) is 0 Å². The molecule has 0 spiro atoms. The van der Waals surface area contributed by atoms with Crippen molar-refractivity contribution in [1.29, 1.82) is 0 Å². The number of aromatic amines is 1. The maximum absolute atomic E-state index is 11.4. The molecule has 98 valence electrons. The summed E-state index contributed by atoms with van der Waals surface area (Å²) in [6.07, 6.45) is 0.288. The van der Waals surface area contributed by atoms with Crippen molar-refractivity contribution < 1.29 is 15.0 Å². The summed E-state index contributed by atoms with van der Waals surface area (Å²) in [6, 6.07) is 7.54. The summed E-state index contributed by atoms with van der Waals surface area (Å²) in [6.45, 7) is 1.95. The molecule has 0 aliphatic carbocycles. The third-order valence-corrected chi connectivity index (χ3v) is 2.64. The molecule has 0 atom stereocenters. The van der Waals surface area contributed by atoms with E-state index in [1.807, 2.05) is 31.2 Å². The second-order valence-corrected chi connectivity index (χ2v) is 4.18. The standard InChI is InChI=1S/C13H12N2O4/c1-7-2-4-8(5-3-7)6-9-14-10(13(18)19)11(16)12(17)15-9/h2-5,16H,6H2,1H3,(H,18,19)(H,14,15,17). The van der Waals surface area contributed by atoms with Crippen molar-refractivity contribution in [1.82, 2.24) is 9.97 Å². The fourth-order valence-corrected chi connectivity index (χ4v) is 1.65. The Morgan fingerprint density at radius 1 is 1.32 bits per heavy atom. The normalized spacial score (nSPS) is 10.4. The van der Waals surface area contributed by atoms with Gasteiger partial charge >= 0.3 is 5.97 Å². The number of nitrogens with zero attached hydrogens (tertiary/aromatic N) is 1. The van der Waals surface area contributed by atoms with E-state index in [-0.39, 0.29) is 12.2 Å². The monoisotopic (exact) mass is 260 g/mol. The maximum atomic E-state index is 11.4. The van der Waals surface area contributed by atoms with Crippen LogP contribution in [0, 0.1) is 6.92 Å². The van der Waals surface area contributed by atoms with Crippen molar-refractivity contribution in [2.45, 2.75) is 13.3 Å². The number of nitrogens with one attached hydrogen (secondary N) is 1. The van der Waals surface area contributed by atoms with Gasteiger partial charge in [-0.25, -0.2) is 9.78 Å². The number of aromatic carboxylic acids is 1. The number of rotatable bonds is 3. The summed E-state index contributed by atoms with van der Waals surface area (Å²) >= 11 is 0. The molecule has 1 aromatic heterocycles. The van der Waals surface area contributed by atoms with Crippen molar-refractivity contribution in [2.75, 3.05) is 0 Å². The van der Waals surface area contributed by atoms with E-state index in [9.17, 15) is 14.7 Å². The molecule has 0 bridgehead atoms. The molecule has 0 aliphatic rings. The quantitative estimate of drug-likeness (QED) is 0.766. The number of carboxylic acids is 1. The lowest BCUT2D eigenvalue weighted by Gasteiger charge is -2.04. The largest absolute Gasteiger partial charge is 0.501 e. The van der Waals surface area contributed by atoms with Crippen molar-refractivity contribution in [3.8, 4) is 5.75 Å². The number of carboxylic acid groups (broad SMARTS) is 1. The second-order valence-electron chi connectivity index (χ2n) is 4.18. The Hall–Kier alpha value is -2.63. The number of carbonyl (C=O) groups is 1. The van der Waals surface area contributed by atoms with E-state index in [0.717, 1.165) is 11.1 Å². The number of H-pyrrole nitrogens is 1. The second kappa shape index (κ2) is 4.93. The minimum absolute atomic E-state index is 0.198. The average molecular weight is 260 g/mol. The van der Waals surface area contributed by atoms with Crippen molar-refractivity contribution in [3.05, 3.63) is 57.3 Å². The highest BCUT2D eigenvalue weighted by Crippen LogP contribution is 2.11. The van der Waals surface area contributed by atoms with Crippen molar-refractivity contribution in [3.63, 3.8) is 0 Å². The van der Waals surface area contributed by atoms with Gasteiger partial charge in [0.2, 0.25) is 5.75 Å². The van der Waals surface area contributed by atoms with Crippen LogP contribution in [0.25, 0.3) is 0 Å². The fourth-order valence-electron chi connectivity index (χ4n) is 1.65. The molecule has 0 aliphatic heterocycles. The first kappa shape index (κ1) is 12.8. The van der Waals surface area contributed by atoms with Crippen LogP contribution in [0.3, 0.4) is 0 Å². The van der Waals surface area contributed by atoms with Gasteiger partial charge in [0, 0.05) is 6.42 Å². The van der Waals surface area contributed by atoms with Crippen LogP contribution in [0.15, 0.2) is 29.1 Å². The van der Waals surface area contributed by atoms with Gasteiger partial charge in [0.15, 0.2) is 5.69 Å². The van der Waals surface area contributed by atoms with Gasteiger partial charge in [0.1, 0.15) is 5.82 Å². The Kier molecular flexibility index (Phi) is 3.33. The lowest BCUT2D eigenvalue weighted by molar-refractivity contribution is 0.0686. The van der Waals surface area contributed by atoms with Crippen LogP contribution in [-0.4, -0.2) is 26.2 Å². The Morgan fingerprint density at radius 2 is 1.95 bits per heavy atom. The average Bonchev–Trinajstić information content (AvgIpc) is 2.36. The molecule has 1 heterocycles. The Balaban J connectivity index is 2.38. The Bertz CT molecular complexity index is 674. The SMILES string of the molecule is Cc1ccc(Cc2nc(C(=O)O)c(O)c(=O)[nH]2)cc1. The summed E-state index contributed by atoms with van der Waals surface area (Å²) in [5.74, 6) is -2.11. The summed E-state index contributed by atoms with van der Waals surface area (Å²) in [7, 11) is 0. The van der Waals surface area contributed by atoms with E-state index < -0.39 is 23.0 Å². The van der Waals surface area contributed by atoms with E-state index in [1.54, 1.807) is 0 Å². The topological polar surface area (TPSA) is 103 Å². The van der Waals surface area contributed by atoms with Crippen LogP contribution in [0.2, 0.25) is 0 Å². The lowest BCUT2D eigenvalue weighted by atomic mass is 10.1. The fraction of sp³-hybridized carbons (Fsp3) is 0.154. The minimum atomic E-state index is -1.44. The van der Waals surface area contributed by atoms with E-state index in [0.29, 0.717) is 0 Å². The Labute approximate surface area is 108 Å². The van der Waals surface area contributed by atoms with Crippen molar-refractivity contribution in [2.24, 2.45) is 0 Å². The van der Waals surface area contributed by atoms with Gasteiger partial charge in [-0.05, 0) is 12.5 Å². The van der Waals surface area contributed by atoms with Crippen LogP contribution in [-0.2, 0) is 6.42 Å². The number of hydrogen-bond acceptors (Lipinski definition) is 4. The van der Waals surface area contributed by atoms with E-state index in [1.165, 1.54) is 0 Å². The number of aromatic hydroxyl groups is 1. The molecule has 2 aromatic rings. The third-order valence-electron chi connectivity index (χ3n) is 2.64. The zero-order valence-corrected chi connectivity index (χ0v) is 10.2. The Morgan fingerprint density at radius 3 is 2.53 bits per heavy atom. The van der Waals surface area contributed by atoms with E-state index in [2.05, 4.69) is 9.97 Å². The molecule has 19 heavy (non-hydrogen) atoms. The van der Waals surface area contributed by atoms with Crippen LogP contribution in [0.1, 0.15) is 27.4 Å². The highest BCUT2D eigenvalue weighted by molar-refractivity contribution is 5.88. The molecule has 0 fully saturated rings. The summed E-state index contributed by atoms with van der Waals surface area (Å²) in [5, 5.41) is 18.1. The molecule has 0 amide bonds. The summed E-state index contributed by atoms with van der Waals surface area (Å²) in [5.41, 5.74) is 0.498. The molecule has 0 radical (unpaired) electrons. The molecule has 3 N–H and O–H groups in total. The van der Waals surface area contributed by atoms with Crippen LogP contribution in [0.5, 0.6) is 5.75 Å². The molecule has 0 unspecified atom stereocenters. The molecule has 6 heteroatoms. The predicted molar refractivity (Wildman–Crippen MR) is 67.5 cm³/mol. The smallest absolute Gasteiger partial charge is 0.358 e. The summed E-state index contributed by atoms with van der Waals surface area (Å²) in [4.78, 5) is 28.3. The zero-order valence-electron chi connectivity index (χ0n) is 10.2. The van der Waals surface area contributed by atoms with Gasteiger partial charge in [-0.3, -0.25) is 4.79 Å². The minimum Gasteiger partial charge on any atom is -0.501 e. The van der Waals surface area contributed by atoms with Crippen LogP contribution in [0.4, 0.5) is 0 Å². The van der Waals surface area contributed by atoms with Gasteiger partial charge in [0.05, 0.1) is 0 Å². The molecular weight excluding hydrogens is 248 g/mol. The highest BCUT2D eigenvalue weighted by Gasteiger charge is 2.16. The zero-order chi connectivity index (χ0) is 14.0. The molecule has 6 nitrogen and oxygen atoms in total. The molecule has 1 aromatic carbocycles. The summed E-state index contributed by atoms with van der Waals surface area (Å²) < 4.78 is 0. The number of benzene rings is 1.